The van der Waals surface area contributed by atoms with E-state index < -0.39 is 11.9 Å². The van der Waals surface area contributed by atoms with Crippen LogP contribution in [0.15, 0.2) is 48.7 Å². The highest BCUT2D eigenvalue weighted by Gasteiger charge is 2.44. The van der Waals surface area contributed by atoms with Crippen molar-refractivity contribution in [2.24, 2.45) is 11.8 Å². The molecule has 232 valence electrons. The molecule has 4 aliphatic rings. The lowest BCUT2D eigenvalue weighted by Crippen LogP contribution is -2.55. The Labute approximate surface area is 259 Å². The molecule has 2 saturated carbocycles. The maximum absolute atomic E-state index is 15.3. The molecule has 3 aromatic rings. The Morgan fingerprint density at radius 2 is 1.91 bits per heavy atom. The number of hydrogen-bond donors (Lipinski definition) is 1. The fraction of sp³-hybridized carbons (Fsp3) is 0.514. The Bertz CT molecular complexity index is 1550. The van der Waals surface area contributed by atoms with Crippen LogP contribution in [0, 0.1) is 17.7 Å². The standard InChI is InChI=1S/C37H43FN2O4/c1-23(36(41)42)35(25-7-8-25)27-9-6-24-11-13-32(44-33(24)19-27)26-10-12-29(30-20-34(43-2)39-21-31(30)38)28(18-26)22-40-17-4-3-14-37(40)15-5-16-37/h6,9-10,12,18-21,23,25,32,35H,3-5,7-8,11,13-17,22H2,1-2H3,(H,41,42)/t23-,32-,35-/m0/s1. The van der Waals surface area contributed by atoms with Gasteiger partial charge < -0.3 is 14.6 Å². The van der Waals surface area contributed by atoms with Crippen LogP contribution in [0.4, 0.5) is 4.39 Å². The minimum Gasteiger partial charge on any atom is -0.485 e. The molecule has 1 spiro atoms. The van der Waals surface area contributed by atoms with Gasteiger partial charge in [-0.25, -0.2) is 9.37 Å². The van der Waals surface area contributed by atoms with E-state index in [0.29, 0.717) is 17.4 Å². The summed E-state index contributed by atoms with van der Waals surface area (Å²) in [7, 11) is 1.56. The highest BCUT2D eigenvalue weighted by atomic mass is 19.1. The molecule has 1 N–H and O–H groups in total. The lowest BCUT2D eigenvalue weighted by Gasteiger charge is -2.53. The summed E-state index contributed by atoms with van der Waals surface area (Å²) >= 11 is 0. The van der Waals surface area contributed by atoms with Gasteiger partial charge in [-0.3, -0.25) is 9.69 Å². The monoisotopic (exact) mass is 598 g/mol. The van der Waals surface area contributed by atoms with Crippen molar-refractivity contribution in [1.82, 2.24) is 9.88 Å². The highest BCUT2D eigenvalue weighted by molar-refractivity contribution is 5.71. The van der Waals surface area contributed by atoms with E-state index in [1.165, 1.54) is 50.3 Å². The number of likely N-dealkylation sites (tertiary alicyclic amines) is 1. The predicted octanol–water partition coefficient (Wildman–Crippen LogP) is 8.09. The van der Waals surface area contributed by atoms with Gasteiger partial charge in [-0.1, -0.05) is 43.7 Å². The van der Waals surface area contributed by atoms with Crippen molar-refractivity contribution in [3.05, 3.63) is 76.7 Å². The predicted molar refractivity (Wildman–Crippen MR) is 167 cm³/mol. The fourth-order valence-corrected chi connectivity index (χ4v) is 8.11. The third kappa shape index (κ3) is 5.48. The second-order valence-electron chi connectivity index (χ2n) is 13.6. The minimum atomic E-state index is -0.744. The van der Waals surface area contributed by atoms with Crippen molar-refractivity contribution in [3.8, 4) is 22.8 Å². The molecule has 7 rings (SSSR count). The van der Waals surface area contributed by atoms with Gasteiger partial charge in [0.2, 0.25) is 5.88 Å². The number of ether oxygens (including phenoxy) is 2. The Hall–Kier alpha value is -3.45. The molecule has 7 heteroatoms. The molecule has 44 heavy (non-hydrogen) atoms. The molecule has 0 unspecified atom stereocenters. The summed E-state index contributed by atoms with van der Waals surface area (Å²) in [4.78, 5) is 18.7. The molecule has 2 aliphatic heterocycles. The molecule has 0 radical (unpaired) electrons. The molecule has 3 heterocycles. The van der Waals surface area contributed by atoms with Crippen molar-refractivity contribution in [1.29, 1.82) is 0 Å². The van der Waals surface area contributed by atoms with Gasteiger partial charge in [-0.05, 0) is 110 Å². The molecule has 0 bridgehead atoms. The number of halogens is 1. The van der Waals surface area contributed by atoms with Gasteiger partial charge in [0.1, 0.15) is 17.7 Å². The maximum Gasteiger partial charge on any atom is 0.306 e. The van der Waals surface area contributed by atoms with Crippen molar-refractivity contribution < 1.29 is 23.8 Å². The molecule has 3 fully saturated rings. The first-order valence-electron chi connectivity index (χ1n) is 16.5. The van der Waals surface area contributed by atoms with Gasteiger partial charge in [0.05, 0.1) is 19.2 Å². The van der Waals surface area contributed by atoms with E-state index in [9.17, 15) is 9.90 Å². The van der Waals surface area contributed by atoms with Crippen molar-refractivity contribution >= 4 is 5.97 Å². The summed E-state index contributed by atoms with van der Waals surface area (Å²) in [6.45, 7) is 3.67. The number of benzene rings is 2. The number of fused-ring (bicyclic) bond motifs is 1. The second-order valence-corrected chi connectivity index (χ2v) is 13.6. The van der Waals surface area contributed by atoms with Gasteiger partial charge >= 0.3 is 5.97 Å². The molecule has 2 aromatic carbocycles. The van der Waals surface area contributed by atoms with E-state index in [2.05, 4.69) is 40.2 Å². The zero-order valence-electron chi connectivity index (χ0n) is 25.9. The van der Waals surface area contributed by atoms with Crippen LogP contribution < -0.4 is 9.47 Å². The lowest BCUT2D eigenvalue weighted by atomic mass is 9.70. The summed E-state index contributed by atoms with van der Waals surface area (Å²) in [5, 5.41) is 9.80. The quantitative estimate of drug-likeness (QED) is 0.268. The maximum atomic E-state index is 15.3. The Morgan fingerprint density at radius 1 is 1.09 bits per heavy atom. The molecule has 2 aliphatic carbocycles. The first-order valence-corrected chi connectivity index (χ1v) is 16.5. The Balaban J connectivity index is 1.22. The molecular weight excluding hydrogens is 555 g/mol. The number of carbonyl (C=O) groups is 1. The summed E-state index contributed by atoms with van der Waals surface area (Å²) in [6, 6.07) is 14.4. The zero-order chi connectivity index (χ0) is 30.4. The van der Waals surface area contributed by atoms with Crippen molar-refractivity contribution in [2.75, 3.05) is 13.7 Å². The van der Waals surface area contributed by atoms with E-state index >= 15 is 4.39 Å². The van der Waals surface area contributed by atoms with Crippen LogP contribution in [0.1, 0.15) is 99.0 Å². The molecule has 6 nitrogen and oxygen atoms in total. The summed E-state index contributed by atoms with van der Waals surface area (Å²) in [6.07, 6.45) is 12.5. The number of aryl methyl sites for hydroxylation is 1. The van der Waals surface area contributed by atoms with Crippen LogP contribution in [0.5, 0.6) is 11.6 Å². The molecule has 3 atom stereocenters. The van der Waals surface area contributed by atoms with Crippen LogP contribution in [-0.4, -0.2) is 40.2 Å². The van der Waals surface area contributed by atoms with Gasteiger partial charge in [-0.2, -0.15) is 0 Å². The highest BCUT2D eigenvalue weighted by Crippen LogP contribution is 2.49. The number of rotatable bonds is 9. The van der Waals surface area contributed by atoms with Gasteiger partial charge in [0, 0.05) is 23.7 Å². The Kier molecular flexibility index (Phi) is 7.86. The summed E-state index contributed by atoms with van der Waals surface area (Å²) < 4.78 is 27.4. The fourth-order valence-electron chi connectivity index (χ4n) is 8.11. The average molecular weight is 599 g/mol. The van der Waals surface area contributed by atoms with E-state index in [1.54, 1.807) is 13.2 Å². The minimum absolute atomic E-state index is 0.00304. The number of pyridine rings is 1. The number of aromatic nitrogens is 1. The van der Waals surface area contributed by atoms with Crippen LogP contribution >= 0.6 is 0 Å². The van der Waals surface area contributed by atoms with Gasteiger partial charge in [-0.15, -0.1) is 0 Å². The number of aliphatic carboxylic acids is 1. The largest absolute Gasteiger partial charge is 0.485 e. The third-order valence-corrected chi connectivity index (χ3v) is 10.9. The van der Waals surface area contributed by atoms with Crippen molar-refractivity contribution in [3.63, 3.8) is 0 Å². The number of hydrogen-bond acceptors (Lipinski definition) is 5. The van der Waals surface area contributed by atoms with E-state index in [0.717, 1.165) is 66.8 Å². The number of carboxylic acids is 1. The average Bonchev–Trinajstić information content (AvgIpc) is 3.86. The van der Waals surface area contributed by atoms with Gasteiger partial charge in [0.15, 0.2) is 0 Å². The Morgan fingerprint density at radius 3 is 2.64 bits per heavy atom. The van der Waals surface area contributed by atoms with Crippen LogP contribution in [0.3, 0.4) is 0 Å². The lowest BCUT2D eigenvalue weighted by molar-refractivity contribution is -0.142. The summed E-state index contributed by atoms with van der Waals surface area (Å²) in [5.41, 5.74) is 6.11. The molecule has 1 aromatic heterocycles. The number of methoxy groups -OCH3 is 1. The SMILES string of the molecule is COc1cc(-c2ccc([C@@H]3CCc4ccc([C@H](C5CC5)[C@H](C)C(=O)O)cc4O3)cc2CN2CCCCC23CCC3)c(F)cn1. The summed E-state index contributed by atoms with van der Waals surface area (Å²) in [5.74, 6) is 0.158. The topological polar surface area (TPSA) is 71.9 Å². The number of carboxylic acid groups (broad SMARTS) is 1. The van der Waals surface area contributed by atoms with Crippen LogP contribution in [0.2, 0.25) is 0 Å². The molecular formula is C37H43FN2O4. The van der Waals surface area contributed by atoms with E-state index in [1.807, 2.05) is 13.0 Å². The van der Waals surface area contributed by atoms with Gasteiger partial charge in [0.25, 0.3) is 0 Å². The normalized spacial score (nSPS) is 22.4. The first kappa shape index (κ1) is 29.3. The number of piperidine rings is 1. The van der Waals surface area contributed by atoms with Crippen molar-refractivity contribution in [2.45, 2.75) is 95.2 Å². The van der Waals surface area contributed by atoms with Crippen LogP contribution in [-0.2, 0) is 17.8 Å². The van der Waals surface area contributed by atoms with E-state index in [-0.39, 0.29) is 23.4 Å². The first-order chi connectivity index (χ1) is 21.3. The van der Waals surface area contributed by atoms with E-state index in [4.69, 9.17) is 9.47 Å². The third-order valence-electron chi connectivity index (χ3n) is 10.9. The van der Waals surface area contributed by atoms with Crippen LogP contribution in [0.25, 0.3) is 11.1 Å². The smallest absolute Gasteiger partial charge is 0.306 e. The zero-order valence-corrected chi connectivity index (χ0v) is 25.9. The second kappa shape index (κ2) is 11.8. The molecule has 1 saturated heterocycles. The number of nitrogens with zero attached hydrogens (tertiary/aromatic N) is 2. The molecule has 0 amide bonds.